The molecule has 0 saturated carbocycles. The minimum absolute atomic E-state index is 0.136. The van der Waals surface area contributed by atoms with Crippen molar-refractivity contribution in [1.82, 2.24) is 4.90 Å². The Hall–Kier alpha value is -1.29. The first-order chi connectivity index (χ1) is 10.1. The van der Waals surface area contributed by atoms with E-state index in [4.69, 9.17) is 4.74 Å². The zero-order valence-corrected chi connectivity index (χ0v) is 13.2. The van der Waals surface area contributed by atoms with Crippen molar-refractivity contribution >= 4 is 0 Å². The molecule has 1 aromatic rings. The Labute approximate surface area is 126 Å². The highest BCUT2D eigenvalue weighted by Crippen LogP contribution is 2.36. The molecule has 1 N–H and O–H groups in total. The second-order valence-corrected chi connectivity index (χ2v) is 5.75. The first-order valence-electron chi connectivity index (χ1n) is 8.01. The van der Waals surface area contributed by atoms with E-state index in [2.05, 4.69) is 25.7 Å². The summed E-state index contributed by atoms with van der Waals surface area (Å²) in [5, 5.41) is 10.00. The minimum atomic E-state index is -0.383. The number of aromatic hydroxyl groups is 1. The fraction of sp³-hybridized carbons (Fsp3) is 0.647. The van der Waals surface area contributed by atoms with Crippen LogP contribution in [0.3, 0.4) is 0 Å². The van der Waals surface area contributed by atoms with E-state index < -0.39 is 0 Å². The van der Waals surface area contributed by atoms with Gasteiger partial charge in [0.2, 0.25) is 0 Å². The maximum absolute atomic E-state index is 13.8. The molecule has 0 spiro atoms. The molecule has 2 rings (SSSR count). The van der Waals surface area contributed by atoms with Gasteiger partial charge in [-0.2, -0.15) is 0 Å². The lowest BCUT2D eigenvalue weighted by atomic mass is 9.97. The summed E-state index contributed by atoms with van der Waals surface area (Å²) in [5.41, 5.74) is 0.610. The van der Waals surface area contributed by atoms with Crippen LogP contribution in [0.4, 0.5) is 4.39 Å². The van der Waals surface area contributed by atoms with Gasteiger partial charge in [0.15, 0.2) is 11.6 Å². The van der Waals surface area contributed by atoms with E-state index in [9.17, 15) is 9.50 Å². The van der Waals surface area contributed by atoms with Crippen molar-refractivity contribution in [2.24, 2.45) is 0 Å². The van der Waals surface area contributed by atoms with Crippen molar-refractivity contribution in [3.63, 3.8) is 0 Å². The van der Waals surface area contributed by atoms with E-state index in [0.29, 0.717) is 24.6 Å². The summed E-state index contributed by atoms with van der Waals surface area (Å²) < 4.78 is 19.4. The van der Waals surface area contributed by atoms with Crippen LogP contribution in [-0.4, -0.2) is 35.2 Å². The smallest absolute Gasteiger partial charge is 0.165 e. The molecule has 1 aromatic carbocycles. The monoisotopic (exact) mass is 295 g/mol. The molecule has 1 aliphatic rings. The van der Waals surface area contributed by atoms with Gasteiger partial charge in [0.05, 0.1) is 0 Å². The number of ether oxygens (including phenoxy) is 1. The number of hydrogen-bond acceptors (Lipinski definition) is 3. The summed E-state index contributed by atoms with van der Waals surface area (Å²) in [6.07, 6.45) is 3.91. The number of phenols is 1. The van der Waals surface area contributed by atoms with Gasteiger partial charge >= 0.3 is 0 Å². The number of nitrogens with zero attached hydrogens (tertiary/aromatic N) is 1. The number of fused-ring (bicyclic) bond motifs is 1. The molecule has 0 bridgehead atoms. The molecule has 1 unspecified atom stereocenters. The molecule has 0 saturated heterocycles. The average Bonchev–Trinajstić information content (AvgIpc) is 2.51. The van der Waals surface area contributed by atoms with Crippen LogP contribution in [-0.2, 0) is 6.42 Å². The normalized spacial score (nSPS) is 17.9. The molecular formula is C17H26FNO2. The van der Waals surface area contributed by atoms with Crippen LogP contribution in [0.2, 0.25) is 0 Å². The molecule has 1 aliphatic heterocycles. The van der Waals surface area contributed by atoms with Gasteiger partial charge in [0.1, 0.15) is 12.4 Å². The fourth-order valence-corrected chi connectivity index (χ4v) is 3.31. The summed E-state index contributed by atoms with van der Waals surface area (Å²) in [4.78, 5) is 2.47. The summed E-state index contributed by atoms with van der Waals surface area (Å²) in [6.45, 7) is 8.07. The Morgan fingerprint density at radius 1 is 1.33 bits per heavy atom. The lowest BCUT2D eigenvalue weighted by molar-refractivity contribution is 0.0726. The zero-order chi connectivity index (χ0) is 15.4. The van der Waals surface area contributed by atoms with Gasteiger partial charge in [-0.3, -0.25) is 4.90 Å². The van der Waals surface area contributed by atoms with Crippen LogP contribution in [0, 0.1) is 5.82 Å². The Morgan fingerprint density at radius 2 is 2.05 bits per heavy atom. The number of phenolic OH excluding ortho intramolecular Hbond substituents is 1. The van der Waals surface area contributed by atoms with Crippen LogP contribution in [0.25, 0.3) is 0 Å². The number of benzene rings is 1. The van der Waals surface area contributed by atoms with Crippen molar-refractivity contribution in [3.05, 3.63) is 23.5 Å². The predicted molar refractivity (Wildman–Crippen MR) is 82.4 cm³/mol. The van der Waals surface area contributed by atoms with E-state index in [1.54, 1.807) is 0 Å². The fourth-order valence-electron chi connectivity index (χ4n) is 3.31. The molecule has 4 heteroatoms. The molecule has 0 amide bonds. The van der Waals surface area contributed by atoms with Gasteiger partial charge in [-0.15, -0.1) is 0 Å². The number of rotatable bonds is 6. The summed E-state index contributed by atoms with van der Waals surface area (Å²) in [6, 6.07) is 3.39. The molecular weight excluding hydrogens is 269 g/mol. The first-order valence-corrected chi connectivity index (χ1v) is 8.01. The number of halogens is 1. The largest absolute Gasteiger partial charge is 0.508 e. The van der Waals surface area contributed by atoms with Gasteiger partial charge in [-0.1, -0.05) is 20.8 Å². The standard InChI is InChI=1S/C17H26FNO2/c1-4-9-19(12(5-2)6-3)13-10-14-16(20)8-7-15(18)17(14)21-11-13/h7-8,12-13,20H,4-6,9-11H2,1-3H3. The Morgan fingerprint density at radius 3 is 2.67 bits per heavy atom. The van der Waals surface area contributed by atoms with Gasteiger partial charge in [0, 0.05) is 17.6 Å². The van der Waals surface area contributed by atoms with E-state index in [1.165, 1.54) is 12.1 Å². The highest BCUT2D eigenvalue weighted by molar-refractivity contribution is 5.46. The average molecular weight is 295 g/mol. The second-order valence-electron chi connectivity index (χ2n) is 5.75. The third-order valence-electron chi connectivity index (χ3n) is 4.41. The van der Waals surface area contributed by atoms with Crippen molar-refractivity contribution < 1.29 is 14.2 Å². The second kappa shape index (κ2) is 7.12. The highest BCUT2D eigenvalue weighted by Gasteiger charge is 2.31. The summed E-state index contributed by atoms with van der Waals surface area (Å²) in [7, 11) is 0. The maximum atomic E-state index is 13.8. The predicted octanol–water partition coefficient (Wildman–Crippen LogP) is 3.74. The Kier molecular flexibility index (Phi) is 5.45. The van der Waals surface area contributed by atoms with E-state index in [0.717, 1.165) is 25.8 Å². The SMILES string of the molecule is CCCN(C(CC)CC)C1COc2c(F)ccc(O)c2C1. The molecule has 3 nitrogen and oxygen atoms in total. The number of hydrogen-bond donors (Lipinski definition) is 1. The maximum Gasteiger partial charge on any atom is 0.165 e. The summed E-state index contributed by atoms with van der Waals surface area (Å²) in [5.74, 6) is -0.0184. The van der Waals surface area contributed by atoms with Crippen molar-refractivity contribution in [1.29, 1.82) is 0 Å². The van der Waals surface area contributed by atoms with Crippen molar-refractivity contribution in [2.75, 3.05) is 13.2 Å². The third kappa shape index (κ3) is 3.31. The van der Waals surface area contributed by atoms with E-state index >= 15 is 0 Å². The van der Waals surface area contributed by atoms with Crippen LogP contribution >= 0.6 is 0 Å². The molecule has 0 aliphatic carbocycles. The van der Waals surface area contributed by atoms with Crippen LogP contribution in [0.1, 0.15) is 45.6 Å². The lowest BCUT2D eigenvalue weighted by Crippen LogP contribution is -2.48. The van der Waals surface area contributed by atoms with Gasteiger partial charge in [-0.25, -0.2) is 4.39 Å². The molecule has 1 heterocycles. The molecule has 118 valence electrons. The van der Waals surface area contributed by atoms with E-state index in [1.807, 2.05) is 0 Å². The molecule has 0 aromatic heterocycles. The van der Waals surface area contributed by atoms with E-state index in [-0.39, 0.29) is 23.4 Å². The first kappa shape index (κ1) is 16.1. The van der Waals surface area contributed by atoms with Gasteiger partial charge < -0.3 is 9.84 Å². The van der Waals surface area contributed by atoms with Crippen molar-refractivity contribution in [2.45, 2.75) is 58.5 Å². The Balaban J connectivity index is 2.23. The third-order valence-corrected chi connectivity index (χ3v) is 4.41. The van der Waals surface area contributed by atoms with Gasteiger partial charge in [0.25, 0.3) is 0 Å². The lowest BCUT2D eigenvalue weighted by Gasteiger charge is -2.39. The summed E-state index contributed by atoms with van der Waals surface area (Å²) >= 11 is 0. The molecule has 1 atom stereocenters. The minimum Gasteiger partial charge on any atom is -0.508 e. The highest BCUT2D eigenvalue weighted by atomic mass is 19.1. The van der Waals surface area contributed by atoms with Crippen LogP contribution in [0.15, 0.2) is 12.1 Å². The van der Waals surface area contributed by atoms with Gasteiger partial charge in [-0.05, 0) is 44.4 Å². The molecule has 0 fully saturated rings. The quantitative estimate of drug-likeness (QED) is 0.868. The van der Waals surface area contributed by atoms with Crippen molar-refractivity contribution in [3.8, 4) is 11.5 Å². The topological polar surface area (TPSA) is 32.7 Å². The molecule has 0 radical (unpaired) electrons. The zero-order valence-electron chi connectivity index (χ0n) is 13.2. The van der Waals surface area contributed by atoms with Crippen LogP contribution in [0.5, 0.6) is 11.5 Å². The molecule has 21 heavy (non-hydrogen) atoms. The van der Waals surface area contributed by atoms with Crippen LogP contribution < -0.4 is 4.74 Å². The Bertz CT molecular complexity index is 474.